The number of carboxylic acids is 1. The molecule has 1 aliphatic heterocycles. The molecule has 1 atom stereocenters. The summed E-state index contributed by atoms with van der Waals surface area (Å²) in [6.45, 7) is 5.76. The lowest BCUT2D eigenvalue weighted by atomic mass is 10.1. The van der Waals surface area contributed by atoms with Gasteiger partial charge in [0, 0.05) is 5.69 Å². The second-order valence-electron chi connectivity index (χ2n) is 6.20. The fourth-order valence-corrected chi connectivity index (χ4v) is 2.94. The van der Waals surface area contributed by atoms with Gasteiger partial charge in [-0.25, -0.2) is 0 Å². The van der Waals surface area contributed by atoms with Crippen molar-refractivity contribution in [2.75, 3.05) is 45.2 Å². The number of carboxylic acid groups (broad SMARTS) is 1. The van der Waals surface area contributed by atoms with Gasteiger partial charge in [-0.1, -0.05) is 0 Å². The van der Waals surface area contributed by atoms with E-state index in [0.29, 0.717) is 12.3 Å². The van der Waals surface area contributed by atoms with E-state index in [2.05, 4.69) is 12.4 Å². The summed E-state index contributed by atoms with van der Waals surface area (Å²) in [5.74, 6) is -0.744. The molecule has 7 nitrogen and oxygen atoms in total. The molecule has 0 bridgehead atoms. The van der Waals surface area contributed by atoms with Gasteiger partial charge < -0.3 is 29.8 Å². The molecule has 0 saturated carbocycles. The van der Waals surface area contributed by atoms with Gasteiger partial charge in [-0.15, -0.1) is 0 Å². The average molecular weight is 336 g/mol. The highest BCUT2D eigenvalue weighted by atomic mass is 16.5. The molecule has 7 heteroatoms. The summed E-state index contributed by atoms with van der Waals surface area (Å²) < 4.78 is 5.35. The first kappa shape index (κ1) is 18.2. The smallest absolute Gasteiger partial charge is 0.230 e. The second-order valence-corrected chi connectivity index (χ2v) is 6.20. The zero-order valence-corrected chi connectivity index (χ0v) is 14.3. The van der Waals surface area contributed by atoms with Crippen LogP contribution in [-0.4, -0.2) is 57.8 Å². The third-order valence-electron chi connectivity index (χ3n) is 4.36. The van der Waals surface area contributed by atoms with Gasteiger partial charge in [0.2, 0.25) is 5.91 Å². The van der Waals surface area contributed by atoms with Crippen molar-refractivity contribution in [2.45, 2.75) is 19.4 Å². The molecule has 0 aromatic heterocycles. The van der Waals surface area contributed by atoms with E-state index in [4.69, 9.17) is 4.74 Å². The highest BCUT2D eigenvalue weighted by Crippen LogP contribution is 2.15. The van der Waals surface area contributed by atoms with Crippen LogP contribution < -0.4 is 25.0 Å². The van der Waals surface area contributed by atoms with Crippen LogP contribution in [-0.2, 0) is 9.59 Å². The van der Waals surface area contributed by atoms with Crippen LogP contribution in [0.5, 0.6) is 5.75 Å². The van der Waals surface area contributed by atoms with Gasteiger partial charge in [-0.2, -0.15) is 0 Å². The number of nitrogens with one attached hydrogen (secondary N) is 3. The summed E-state index contributed by atoms with van der Waals surface area (Å²) in [6, 6.07) is 6.21. The van der Waals surface area contributed by atoms with Gasteiger partial charge >= 0.3 is 0 Å². The maximum Gasteiger partial charge on any atom is 0.230 e. The first-order valence-corrected chi connectivity index (χ1v) is 8.39. The van der Waals surface area contributed by atoms with Crippen LogP contribution in [0, 0.1) is 0 Å². The molecular formula is C17H26N3O4+. The van der Waals surface area contributed by atoms with E-state index in [-0.39, 0.29) is 12.3 Å². The number of hydrogen-bond donors (Lipinski definition) is 3. The van der Waals surface area contributed by atoms with E-state index in [1.54, 1.807) is 24.3 Å². The van der Waals surface area contributed by atoms with E-state index in [1.807, 2.05) is 6.92 Å². The molecule has 1 heterocycles. The van der Waals surface area contributed by atoms with E-state index < -0.39 is 12.0 Å². The predicted molar refractivity (Wildman–Crippen MR) is 87.0 cm³/mol. The third-order valence-corrected chi connectivity index (χ3v) is 4.36. The molecule has 3 N–H and O–H groups in total. The first-order valence-electron chi connectivity index (χ1n) is 8.39. The minimum atomic E-state index is -1.16. The number of likely N-dealkylation sites (N-methyl/N-ethyl adjacent to an activating group) is 1. The summed E-state index contributed by atoms with van der Waals surface area (Å²) in [5, 5.41) is 14.2. The van der Waals surface area contributed by atoms with Crippen molar-refractivity contribution in [3.8, 4) is 5.75 Å². The van der Waals surface area contributed by atoms with Crippen LogP contribution >= 0.6 is 0 Å². The number of carbonyl (C=O) groups is 2. The number of quaternary nitrogens is 2. The van der Waals surface area contributed by atoms with Crippen molar-refractivity contribution in [2.24, 2.45) is 0 Å². The van der Waals surface area contributed by atoms with Crippen molar-refractivity contribution in [3.63, 3.8) is 0 Å². The van der Waals surface area contributed by atoms with E-state index >= 15 is 0 Å². The Morgan fingerprint density at radius 3 is 2.38 bits per heavy atom. The molecule has 0 unspecified atom stereocenters. The second kappa shape index (κ2) is 8.65. The van der Waals surface area contributed by atoms with Crippen molar-refractivity contribution in [1.82, 2.24) is 0 Å². The highest BCUT2D eigenvalue weighted by Gasteiger charge is 2.30. The van der Waals surface area contributed by atoms with E-state index in [0.717, 1.165) is 36.8 Å². The number of carbonyl (C=O) groups excluding carboxylic acids is 2. The van der Waals surface area contributed by atoms with Crippen LogP contribution in [0.3, 0.4) is 0 Å². The van der Waals surface area contributed by atoms with Gasteiger partial charge in [0.25, 0.3) is 0 Å². The first-order chi connectivity index (χ1) is 11.5. The number of amides is 1. The average Bonchev–Trinajstić information content (AvgIpc) is 2.55. The molecule has 132 valence electrons. The number of piperazine rings is 1. The molecule has 1 saturated heterocycles. The fourth-order valence-electron chi connectivity index (χ4n) is 2.94. The Kier molecular flexibility index (Phi) is 6.57. The number of ether oxygens (including phenoxy) is 1. The number of rotatable bonds is 7. The SMILES string of the molecule is CCOc1ccc(NC(=O)C[C@@H](C(=O)[O-])[NH+]2CC[NH+](C)CC2)cc1. The standard InChI is InChI=1S/C17H25N3O4/c1-3-24-14-6-4-13(5-7-14)18-16(21)12-15(17(22)23)20-10-8-19(2)9-11-20/h4-7,15H,3,8-12H2,1-2H3,(H,18,21)(H,22,23)/p+1/t15-/m0/s1. The monoisotopic (exact) mass is 336 g/mol. The Balaban J connectivity index is 1.91. The fraction of sp³-hybridized carbons (Fsp3) is 0.529. The number of benzene rings is 1. The number of anilines is 1. The largest absolute Gasteiger partial charge is 0.544 e. The quantitative estimate of drug-likeness (QED) is 0.494. The molecule has 1 amide bonds. The van der Waals surface area contributed by atoms with Crippen LogP contribution in [0.2, 0.25) is 0 Å². The summed E-state index contributed by atoms with van der Waals surface area (Å²) >= 11 is 0. The molecular weight excluding hydrogens is 310 g/mol. The Morgan fingerprint density at radius 1 is 1.21 bits per heavy atom. The van der Waals surface area contributed by atoms with Gasteiger partial charge in [0.05, 0.1) is 26.0 Å². The van der Waals surface area contributed by atoms with Crippen molar-refractivity contribution in [3.05, 3.63) is 24.3 Å². The van der Waals surface area contributed by atoms with E-state index in [9.17, 15) is 14.7 Å². The predicted octanol–water partition coefficient (Wildman–Crippen LogP) is -3.05. The maximum atomic E-state index is 12.2. The van der Waals surface area contributed by atoms with Crippen LogP contribution in [0.25, 0.3) is 0 Å². The van der Waals surface area contributed by atoms with Gasteiger partial charge in [-0.3, -0.25) is 4.79 Å². The van der Waals surface area contributed by atoms with Gasteiger partial charge in [-0.05, 0) is 31.2 Å². The molecule has 1 aromatic rings. The maximum absolute atomic E-state index is 12.2. The van der Waals surface area contributed by atoms with Gasteiger partial charge in [0.15, 0.2) is 0 Å². The van der Waals surface area contributed by atoms with Crippen molar-refractivity contribution in [1.29, 1.82) is 0 Å². The minimum Gasteiger partial charge on any atom is -0.544 e. The van der Waals surface area contributed by atoms with Crippen LogP contribution in [0.1, 0.15) is 13.3 Å². The topological polar surface area (TPSA) is 87.3 Å². The van der Waals surface area contributed by atoms with E-state index in [1.165, 1.54) is 4.90 Å². The highest BCUT2D eigenvalue weighted by molar-refractivity contribution is 5.93. The molecule has 1 aliphatic rings. The van der Waals surface area contributed by atoms with Crippen molar-refractivity contribution >= 4 is 17.6 Å². The molecule has 0 spiro atoms. The lowest BCUT2D eigenvalue weighted by molar-refractivity contribution is -1.01. The van der Waals surface area contributed by atoms with Crippen molar-refractivity contribution < 1.29 is 29.2 Å². The Morgan fingerprint density at radius 2 is 1.83 bits per heavy atom. The van der Waals surface area contributed by atoms with Crippen LogP contribution in [0.4, 0.5) is 5.69 Å². The lowest BCUT2D eigenvalue weighted by Crippen LogP contribution is -3.29. The van der Waals surface area contributed by atoms with Gasteiger partial charge in [0.1, 0.15) is 38.0 Å². The number of aliphatic carboxylic acids is 1. The zero-order valence-electron chi connectivity index (χ0n) is 14.3. The molecule has 1 aromatic carbocycles. The zero-order chi connectivity index (χ0) is 17.5. The lowest BCUT2D eigenvalue weighted by Gasteiger charge is -2.33. The van der Waals surface area contributed by atoms with Crippen LogP contribution in [0.15, 0.2) is 24.3 Å². The third kappa shape index (κ3) is 5.21. The molecule has 2 rings (SSSR count). The molecule has 0 radical (unpaired) electrons. The summed E-state index contributed by atoms with van der Waals surface area (Å²) in [5.41, 5.74) is 0.623. The Labute approximate surface area is 142 Å². The molecule has 0 aliphatic carbocycles. The number of hydrogen-bond acceptors (Lipinski definition) is 4. The minimum absolute atomic E-state index is 0.0794. The Bertz CT molecular complexity index is 553. The normalized spacial score (nSPS) is 21.8. The summed E-state index contributed by atoms with van der Waals surface area (Å²) in [6.07, 6.45) is -0.0794. The summed E-state index contributed by atoms with van der Waals surface area (Å²) in [7, 11) is 2.09. The molecule has 1 fully saturated rings. The summed E-state index contributed by atoms with van der Waals surface area (Å²) in [4.78, 5) is 25.9. The Hall–Kier alpha value is -2.12. The molecule has 24 heavy (non-hydrogen) atoms.